The number of hydrogen-bond acceptors (Lipinski definition) is 4. The van der Waals surface area contributed by atoms with Crippen LogP contribution in [0.3, 0.4) is 0 Å². The number of carbonyl (C=O) groups is 1. The SMILES string of the molecule is C[C@H](C(=O)NCCN1CCCCC1)N(c1cc(Cl)ccc1F)S(=O)(=O)c1ccc(Cl)cc1. The van der Waals surface area contributed by atoms with Crippen LogP contribution < -0.4 is 9.62 Å². The molecule has 1 heterocycles. The van der Waals surface area contributed by atoms with Gasteiger partial charge in [-0.25, -0.2) is 12.8 Å². The molecule has 1 aliphatic rings. The zero-order chi connectivity index (χ0) is 23.3. The maximum Gasteiger partial charge on any atom is 0.265 e. The number of hydrogen-bond donors (Lipinski definition) is 1. The number of halogens is 3. The van der Waals surface area contributed by atoms with Crippen molar-refractivity contribution in [3.8, 4) is 0 Å². The average Bonchev–Trinajstić information content (AvgIpc) is 2.77. The molecule has 0 aromatic heterocycles. The number of carbonyl (C=O) groups excluding carboxylic acids is 1. The molecule has 0 unspecified atom stereocenters. The highest BCUT2D eigenvalue weighted by atomic mass is 35.5. The lowest BCUT2D eigenvalue weighted by molar-refractivity contribution is -0.121. The van der Waals surface area contributed by atoms with Gasteiger partial charge in [-0.1, -0.05) is 29.6 Å². The predicted molar refractivity (Wildman–Crippen MR) is 125 cm³/mol. The van der Waals surface area contributed by atoms with Gasteiger partial charge in [0.2, 0.25) is 5.91 Å². The van der Waals surface area contributed by atoms with Gasteiger partial charge < -0.3 is 10.2 Å². The van der Waals surface area contributed by atoms with E-state index in [1.807, 2.05) is 0 Å². The summed E-state index contributed by atoms with van der Waals surface area (Å²) < 4.78 is 42.4. The first kappa shape index (κ1) is 24.8. The van der Waals surface area contributed by atoms with Gasteiger partial charge in [-0.2, -0.15) is 0 Å². The van der Waals surface area contributed by atoms with E-state index in [1.165, 1.54) is 49.7 Å². The van der Waals surface area contributed by atoms with Crippen LogP contribution in [0.2, 0.25) is 10.0 Å². The third-order valence-electron chi connectivity index (χ3n) is 5.42. The topological polar surface area (TPSA) is 69.7 Å². The van der Waals surface area contributed by atoms with Crippen molar-refractivity contribution in [2.75, 3.05) is 30.5 Å². The van der Waals surface area contributed by atoms with Crippen molar-refractivity contribution in [2.45, 2.75) is 37.1 Å². The maximum absolute atomic E-state index is 14.7. The summed E-state index contributed by atoms with van der Waals surface area (Å²) in [6.07, 6.45) is 3.47. The van der Waals surface area contributed by atoms with Crippen molar-refractivity contribution in [1.29, 1.82) is 0 Å². The molecule has 32 heavy (non-hydrogen) atoms. The minimum atomic E-state index is -4.30. The molecular formula is C22H26Cl2FN3O3S. The lowest BCUT2D eigenvalue weighted by Gasteiger charge is -2.31. The van der Waals surface area contributed by atoms with Gasteiger partial charge in [-0.05, 0) is 75.3 Å². The molecule has 3 rings (SSSR count). The molecule has 0 bridgehead atoms. The largest absolute Gasteiger partial charge is 0.353 e. The van der Waals surface area contributed by atoms with Crippen LogP contribution in [0.1, 0.15) is 26.2 Å². The van der Waals surface area contributed by atoms with Crippen LogP contribution in [-0.2, 0) is 14.8 Å². The van der Waals surface area contributed by atoms with E-state index in [9.17, 15) is 17.6 Å². The number of nitrogens with zero attached hydrogens (tertiary/aromatic N) is 2. The fraction of sp³-hybridized carbons (Fsp3) is 0.409. The lowest BCUT2D eigenvalue weighted by atomic mass is 10.1. The minimum absolute atomic E-state index is 0.116. The molecule has 2 aromatic carbocycles. The minimum Gasteiger partial charge on any atom is -0.353 e. The van der Waals surface area contributed by atoms with Crippen molar-refractivity contribution < 1.29 is 17.6 Å². The highest BCUT2D eigenvalue weighted by molar-refractivity contribution is 7.93. The van der Waals surface area contributed by atoms with E-state index >= 15 is 0 Å². The van der Waals surface area contributed by atoms with Crippen molar-refractivity contribution in [3.05, 3.63) is 58.3 Å². The van der Waals surface area contributed by atoms with Crippen molar-refractivity contribution >= 4 is 44.8 Å². The van der Waals surface area contributed by atoms with Crippen LogP contribution in [0.15, 0.2) is 47.4 Å². The molecule has 0 aliphatic carbocycles. The molecule has 10 heteroatoms. The van der Waals surface area contributed by atoms with Gasteiger partial charge in [0.05, 0.1) is 10.6 Å². The lowest BCUT2D eigenvalue weighted by Crippen LogP contribution is -2.50. The van der Waals surface area contributed by atoms with E-state index in [2.05, 4.69) is 10.2 Å². The number of benzene rings is 2. The number of likely N-dealkylation sites (tertiary alicyclic amines) is 1. The normalized spacial score (nSPS) is 15.9. The molecule has 0 saturated carbocycles. The molecule has 174 valence electrons. The number of nitrogens with one attached hydrogen (secondary N) is 1. The molecule has 1 amide bonds. The molecule has 1 saturated heterocycles. The number of sulfonamides is 1. The fourth-order valence-corrected chi connectivity index (χ4v) is 5.61. The fourth-order valence-electron chi connectivity index (χ4n) is 3.70. The van der Waals surface area contributed by atoms with Crippen LogP contribution in [0, 0.1) is 5.82 Å². The van der Waals surface area contributed by atoms with Crippen LogP contribution >= 0.6 is 23.2 Å². The summed E-state index contributed by atoms with van der Waals surface area (Å²) in [5.41, 5.74) is -0.300. The van der Waals surface area contributed by atoms with Crippen molar-refractivity contribution in [1.82, 2.24) is 10.2 Å². The number of anilines is 1. The van der Waals surface area contributed by atoms with E-state index in [0.29, 0.717) is 18.1 Å². The van der Waals surface area contributed by atoms with Crippen LogP contribution in [0.25, 0.3) is 0 Å². The van der Waals surface area contributed by atoms with Gasteiger partial charge in [0, 0.05) is 23.1 Å². The van der Waals surface area contributed by atoms with E-state index < -0.39 is 27.8 Å². The number of rotatable bonds is 8. The Morgan fingerprint density at radius 1 is 1.09 bits per heavy atom. The summed E-state index contributed by atoms with van der Waals surface area (Å²) in [5.74, 6) is -1.33. The van der Waals surface area contributed by atoms with Crippen molar-refractivity contribution in [2.24, 2.45) is 0 Å². The Morgan fingerprint density at radius 3 is 2.38 bits per heavy atom. The number of amides is 1. The Balaban J connectivity index is 1.87. The summed E-state index contributed by atoms with van der Waals surface area (Å²) >= 11 is 11.9. The number of piperidine rings is 1. The van der Waals surface area contributed by atoms with Gasteiger partial charge in [0.1, 0.15) is 11.9 Å². The first-order chi connectivity index (χ1) is 15.2. The molecule has 1 aliphatic heterocycles. The van der Waals surface area contributed by atoms with Crippen LogP contribution in [0.5, 0.6) is 0 Å². The van der Waals surface area contributed by atoms with Crippen LogP contribution in [-0.4, -0.2) is 51.4 Å². The van der Waals surface area contributed by atoms with Gasteiger partial charge in [-0.3, -0.25) is 9.10 Å². The average molecular weight is 502 g/mol. The van der Waals surface area contributed by atoms with E-state index in [-0.39, 0.29) is 15.6 Å². The van der Waals surface area contributed by atoms with Crippen molar-refractivity contribution in [3.63, 3.8) is 0 Å². The predicted octanol–water partition coefficient (Wildman–Crippen LogP) is 4.32. The highest BCUT2D eigenvalue weighted by Crippen LogP contribution is 2.31. The first-order valence-electron chi connectivity index (χ1n) is 10.5. The Morgan fingerprint density at radius 2 is 1.72 bits per heavy atom. The maximum atomic E-state index is 14.7. The summed E-state index contributed by atoms with van der Waals surface area (Å²) in [5, 5.41) is 3.29. The highest BCUT2D eigenvalue weighted by Gasteiger charge is 2.35. The third-order valence-corrected chi connectivity index (χ3v) is 7.81. The Labute approximate surface area is 198 Å². The second kappa shape index (κ2) is 10.8. The van der Waals surface area contributed by atoms with Gasteiger partial charge in [0.15, 0.2) is 0 Å². The molecule has 1 N–H and O–H groups in total. The zero-order valence-corrected chi connectivity index (χ0v) is 20.1. The second-order valence-electron chi connectivity index (χ2n) is 7.72. The summed E-state index contributed by atoms with van der Waals surface area (Å²) in [6, 6.07) is 7.84. The first-order valence-corrected chi connectivity index (χ1v) is 12.6. The second-order valence-corrected chi connectivity index (χ2v) is 10.4. The molecule has 1 atom stereocenters. The molecule has 0 spiro atoms. The molecule has 2 aromatic rings. The molecule has 0 radical (unpaired) electrons. The standard InChI is InChI=1S/C22H26Cl2FN3O3S/c1-16(22(29)26-11-14-27-12-3-2-4-13-27)28(21-15-18(24)7-10-20(21)25)32(30,31)19-8-5-17(23)6-9-19/h5-10,15-16H,2-4,11-14H2,1H3,(H,26,29)/t16-/m1/s1. The van der Waals surface area contributed by atoms with E-state index in [4.69, 9.17) is 23.2 Å². The van der Waals surface area contributed by atoms with Gasteiger partial charge >= 0.3 is 0 Å². The molecular weight excluding hydrogens is 476 g/mol. The quantitative estimate of drug-likeness (QED) is 0.584. The molecule has 1 fully saturated rings. The monoisotopic (exact) mass is 501 g/mol. The summed E-state index contributed by atoms with van der Waals surface area (Å²) in [6.45, 7) is 4.43. The zero-order valence-electron chi connectivity index (χ0n) is 17.7. The van der Waals surface area contributed by atoms with E-state index in [1.54, 1.807) is 0 Å². The third kappa shape index (κ3) is 5.92. The van der Waals surface area contributed by atoms with Gasteiger partial charge in [0.25, 0.3) is 10.0 Å². The van der Waals surface area contributed by atoms with E-state index in [0.717, 1.165) is 36.3 Å². The Hall–Kier alpha value is -1.87. The Kier molecular flexibility index (Phi) is 8.38. The summed E-state index contributed by atoms with van der Waals surface area (Å²) in [7, 11) is -4.30. The van der Waals surface area contributed by atoms with Crippen LogP contribution in [0.4, 0.5) is 10.1 Å². The van der Waals surface area contributed by atoms with Gasteiger partial charge in [-0.15, -0.1) is 0 Å². The smallest absolute Gasteiger partial charge is 0.265 e. The Bertz CT molecular complexity index is 1040. The molecule has 6 nitrogen and oxygen atoms in total. The summed E-state index contributed by atoms with van der Waals surface area (Å²) in [4.78, 5) is 15.1.